The molecule has 0 saturated heterocycles. The van der Waals surface area contributed by atoms with Gasteiger partial charge in [0, 0.05) is 24.2 Å². The van der Waals surface area contributed by atoms with Crippen molar-refractivity contribution in [1.29, 1.82) is 10.7 Å². The molecular formula is C18H27N7. The van der Waals surface area contributed by atoms with E-state index in [0.29, 0.717) is 30.1 Å². The van der Waals surface area contributed by atoms with E-state index in [9.17, 15) is 5.26 Å². The molecule has 0 aromatic carbocycles. The van der Waals surface area contributed by atoms with Crippen LogP contribution in [0, 0.1) is 23.7 Å². The second-order valence-corrected chi connectivity index (χ2v) is 5.19. The Bertz CT molecular complexity index is 809. The van der Waals surface area contributed by atoms with Crippen molar-refractivity contribution in [3.8, 4) is 6.07 Å². The van der Waals surface area contributed by atoms with Crippen LogP contribution in [0.5, 0.6) is 0 Å². The van der Waals surface area contributed by atoms with Crippen molar-refractivity contribution in [2.24, 2.45) is 0 Å². The lowest BCUT2D eigenvalue weighted by atomic mass is 10.2. The quantitative estimate of drug-likeness (QED) is 0.696. The normalized spacial score (nSPS) is 10.4. The van der Waals surface area contributed by atoms with Gasteiger partial charge in [0.2, 0.25) is 0 Å². The number of fused-ring (bicyclic) bond motifs is 1. The first-order chi connectivity index (χ1) is 12.0. The molecule has 0 aliphatic rings. The van der Waals surface area contributed by atoms with Gasteiger partial charge in [-0.3, -0.25) is 0 Å². The van der Waals surface area contributed by atoms with Gasteiger partial charge in [0.25, 0.3) is 0 Å². The minimum Gasteiger partial charge on any atom is -0.382 e. The summed E-state index contributed by atoms with van der Waals surface area (Å²) in [5.41, 5.74) is 9.44. The van der Waals surface area contributed by atoms with Crippen LogP contribution in [0.3, 0.4) is 0 Å². The fourth-order valence-electron chi connectivity index (χ4n) is 2.47. The number of nitrogens with zero attached hydrogens (tertiary/aromatic N) is 4. The zero-order valence-corrected chi connectivity index (χ0v) is 15.6. The van der Waals surface area contributed by atoms with Crippen LogP contribution in [-0.4, -0.2) is 26.9 Å². The summed E-state index contributed by atoms with van der Waals surface area (Å²) in [7, 11) is 0. The Morgan fingerprint density at radius 2 is 2.12 bits per heavy atom. The molecule has 2 rings (SSSR count). The Hall–Kier alpha value is -2.88. The fourth-order valence-corrected chi connectivity index (χ4v) is 2.47. The van der Waals surface area contributed by atoms with Gasteiger partial charge in [-0.05, 0) is 26.3 Å². The zero-order valence-electron chi connectivity index (χ0n) is 15.6. The second-order valence-electron chi connectivity index (χ2n) is 5.19. The highest BCUT2D eigenvalue weighted by molar-refractivity contribution is 5.92. The van der Waals surface area contributed by atoms with Crippen LogP contribution < -0.4 is 11.1 Å². The Morgan fingerprint density at radius 3 is 2.68 bits per heavy atom. The molecule has 0 atom stereocenters. The van der Waals surface area contributed by atoms with Gasteiger partial charge in [0.1, 0.15) is 23.3 Å². The molecule has 25 heavy (non-hydrogen) atoms. The number of nitriles is 1. The number of anilines is 2. The van der Waals surface area contributed by atoms with Crippen molar-refractivity contribution in [2.45, 2.75) is 47.5 Å². The Labute approximate surface area is 149 Å². The third kappa shape index (κ3) is 4.35. The van der Waals surface area contributed by atoms with Gasteiger partial charge in [-0.2, -0.15) is 14.9 Å². The van der Waals surface area contributed by atoms with Gasteiger partial charge in [0.15, 0.2) is 5.65 Å². The molecule has 0 aliphatic carbocycles. The van der Waals surface area contributed by atoms with Crippen LogP contribution in [0.4, 0.5) is 11.6 Å². The average Bonchev–Trinajstić information content (AvgIpc) is 2.93. The molecule has 2 aromatic rings. The minimum absolute atomic E-state index is 0.278. The van der Waals surface area contributed by atoms with Crippen molar-refractivity contribution in [1.82, 2.24) is 14.6 Å². The summed E-state index contributed by atoms with van der Waals surface area (Å²) in [6, 6.07) is 2.09. The first-order valence-electron chi connectivity index (χ1n) is 8.55. The highest BCUT2D eigenvalue weighted by Crippen LogP contribution is 2.24. The van der Waals surface area contributed by atoms with Gasteiger partial charge >= 0.3 is 0 Å². The van der Waals surface area contributed by atoms with Gasteiger partial charge in [0.05, 0.1) is 5.69 Å². The Balaban J connectivity index is 0.00000151. The number of hydrogen-bond acceptors (Lipinski definition) is 6. The predicted octanol–water partition coefficient (Wildman–Crippen LogP) is 3.48. The van der Waals surface area contributed by atoms with Crippen molar-refractivity contribution in [3.63, 3.8) is 0 Å². The van der Waals surface area contributed by atoms with Crippen LogP contribution in [0.15, 0.2) is 12.2 Å². The van der Waals surface area contributed by atoms with Crippen LogP contribution in [0.2, 0.25) is 0 Å². The highest BCUT2D eigenvalue weighted by atomic mass is 15.3. The van der Waals surface area contributed by atoms with Crippen LogP contribution in [0.25, 0.3) is 5.65 Å². The molecule has 0 saturated carbocycles. The highest BCUT2D eigenvalue weighted by Gasteiger charge is 2.17. The molecule has 134 valence electrons. The average molecular weight is 341 g/mol. The third-order valence-electron chi connectivity index (χ3n) is 3.62. The molecule has 0 amide bonds. The summed E-state index contributed by atoms with van der Waals surface area (Å²) < 4.78 is 1.53. The largest absolute Gasteiger partial charge is 0.382 e. The first-order valence-corrected chi connectivity index (χ1v) is 8.55. The summed E-state index contributed by atoms with van der Waals surface area (Å²) in [6.45, 7) is 10.3. The molecule has 7 nitrogen and oxygen atoms in total. The number of allylic oxidation sites excluding steroid dienone is 2. The molecule has 2 aromatic heterocycles. The number of aromatic nitrogens is 3. The molecule has 0 aliphatic heterocycles. The fraction of sp³-hybridized carbons (Fsp3) is 0.444. The lowest BCUT2D eigenvalue weighted by Crippen LogP contribution is -2.12. The Kier molecular flexibility index (Phi) is 7.60. The number of aryl methyl sites for hydroxylation is 2. The molecule has 0 bridgehead atoms. The maximum atomic E-state index is 9.38. The molecular weight excluding hydrogens is 314 g/mol. The molecule has 2 heterocycles. The first kappa shape index (κ1) is 20.2. The van der Waals surface area contributed by atoms with E-state index >= 15 is 0 Å². The smallest absolute Gasteiger partial charge is 0.163 e. The summed E-state index contributed by atoms with van der Waals surface area (Å²) in [5, 5.41) is 24.6. The number of hydrogen-bond donors (Lipinski definition) is 3. The van der Waals surface area contributed by atoms with Crippen molar-refractivity contribution >= 4 is 23.0 Å². The maximum Gasteiger partial charge on any atom is 0.163 e. The van der Waals surface area contributed by atoms with Gasteiger partial charge < -0.3 is 16.5 Å². The topological polar surface area (TPSA) is 116 Å². The van der Waals surface area contributed by atoms with Crippen molar-refractivity contribution < 1.29 is 0 Å². The third-order valence-corrected chi connectivity index (χ3v) is 3.62. The van der Waals surface area contributed by atoms with E-state index in [4.69, 9.17) is 11.1 Å². The van der Waals surface area contributed by atoms with E-state index in [1.165, 1.54) is 4.52 Å². The van der Waals surface area contributed by atoms with Crippen LogP contribution in [-0.2, 0) is 6.42 Å². The summed E-state index contributed by atoms with van der Waals surface area (Å²) in [6.07, 6.45) is 4.90. The van der Waals surface area contributed by atoms with Crippen molar-refractivity contribution in [3.05, 3.63) is 29.0 Å². The zero-order chi connectivity index (χ0) is 19.0. The number of rotatable bonds is 6. The van der Waals surface area contributed by atoms with Gasteiger partial charge in [-0.15, -0.1) is 0 Å². The number of nitrogens with one attached hydrogen (secondary N) is 2. The summed E-state index contributed by atoms with van der Waals surface area (Å²) in [4.78, 5) is 4.54. The standard InChI is InChI=1S/C16H21N7.C2H6/c1-4-6-11(18)7-8-20-15-13(9-17)14(19)23-16(21-15)12(5-2)10(3)22-23;1-2/h4,6,18H,5,7-8,19H2,1-3H3,(H,20,21);1-2H3/b6-4-,18-11?;. The molecule has 4 N–H and O–H groups in total. The number of nitrogens with two attached hydrogens (primary N) is 1. The predicted molar refractivity (Wildman–Crippen MR) is 103 cm³/mol. The monoisotopic (exact) mass is 341 g/mol. The summed E-state index contributed by atoms with van der Waals surface area (Å²) in [5.74, 6) is 0.728. The molecule has 0 unspecified atom stereocenters. The summed E-state index contributed by atoms with van der Waals surface area (Å²) >= 11 is 0. The molecule has 0 spiro atoms. The van der Waals surface area contributed by atoms with E-state index in [2.05, 4.69) is 21.5 Å². The van der Waals surface area contributed by atoms with Gasteiger partial charge in [-0.1, -0.05) is 26.8 Å². The van der Waals surface area contributed by atoms with Gasteiger partial charge in [-0.25, -0.2) is 4.98 Å². The van der Waals surface area contributed by atoms with Crippen molar-refractivity contribution in [2.75, 3.05) is 17.6 Å². The maximum absolute atomic E-state index is 9.38. The van der Waals surface area contributed by atoms with Crippen LogP contribution in [0.1, 0.15) is 50.9 Å². The molecule has 0 fully saturated rings. The van der Waals surface area contributed by atoms with E-state index in [1.807, 2.05) is 40.7 Å². The second kappa shape index (κ2) is 9.42. The minimum atomic E-state index is 0.278. The van der Waals surface area contributed by atoms with E-state index in [1.54, 1.807) is 6.08 Å². The SMILES string of the molecule is C/C=C\C(=N)CCNc1nc2c(CC)c(C)nn2c(N)c1C#N.CC. The Morgan fingerprint density at radius 1 is 1.44 bits per heavy atom. The molecule has 7 heteroatoms. The number of nitrogen functional groups attached to an aromatic ring is 1. The van der Waals surface area contributed by atoms with E-state index < -0.39 is 0 Å². The van der Waals surface area contributed by atoms with E-state index in [0.717, 1.165) is 17.7 Å². The van der Waals surface area contributed by atoms with E-state index in [-0.39, 0.29) is 11.4 Å². The lowest BCUT2D eigenvalue weighted by molar-refractivity contribution is 0.922. The lowest BCUT2D eigenvalue weighted by Gasteiger charge is -2.10. The molecule has 0 radical (unpaired) electrons. The van der Waals surface area contributed by atoms with Crippen LogP contribution >= 0.6 is 0 Å².